The highest BCUT2D eigenvalue weighted by atomic mass is 79.9. The molecule has 0 aliphatic heterocycles. The topological polar surface area (TPSA) is 29.1 Å². The van der Waals surface area contributed by atoms with Crippen molar-refractivity contribution in [1.82, 2.24) is 5.32 Å². The maximum Gasteiger partial charge on any atom is 0.220 e. The first-order valence-electron chi connectivity index (χ1n) is 6.69. The van der Waals surface area contributed by atoms with Crippen molar-refractivity contribution in [1.29, 1.82) is 0 Å². The molecule has 1 aromatic carbocycles. The van der Waals surface area contributed by atoms with Crippen molar-refractivity contribution < 1.29 is 4.79 Å². The fourth-order valence-corrected chi connectivity index (χ4v) is 3.37. The monoisotopic (exact) mass is 309 g/mol. The minimum absolute atomic E-state index is 0.191. The third-order valence-electron chi connectivity index (χ3n) is 3.69. The van der Waals surface area contributed by atoms with Crippen molar-refractivity contribution in [3.05, 3.63) is 35.9 Å². The van der Waals surface area contributed by atoms with E-state index >= 15 is 0 Å². The molecule has 0 spiro atoms. The van der Waals surface area contributed by atoms with Crippen molar-refractivity contribution in [2.24, 2.45) is 5.92 Å². The number of nitrogens with one attached hydrogen (secondary N) is 1. The van der Waals surface area contributed by atoms with Gasteiger partial charge in [0.05, 0.1) is 0 Å². The second-order valence-electron chi connectivity index (χ2n) is 5.00. The maximum atomic E-state index is 11.9. The quantitative estimate of drug-likeness (QED) is 0.831. The standard InChI is InChI=1S/C15H20BrNO/c16-11-13-7-4-8-14(13)17-15(18)10-9-12-5-2-1-3-6-12/h1-3,5-6,13-14H,4,7-11H2,(H,17,18). The van der Waals surface area contributed by atoms with Crippen LogP contribution in [0.3, 0.4) is 0 Å². The lowest BCUT2D eigenvalue weighted by atomic mass is 10.1. The molecule has 2 unspecified atom stereocenters. The van der Waals surface area contributed by atoms with Gasteiger partial charge >= 0.3 is 0 Å². The Kier molecular flexibility index (Phi) is 5.24. The number of rotatable bonds is 5. The Bertz CT molecular complexity index is 379. The van der Waals surface area contributed by atoms with Crippen LogP contribution in [0.25, 0.3) is 0 Å². The highest BCUT2D eigenvalue weighted by molar-refractivity contribution is 9.09. The fraction of sp³-hybridized carbons (Fsp3) is 0.533. The average molecular weight is 310 g/mol. The van der Waals surface area contributed by atoms with Crippen LogP contribution in [0.5, 0.6) is 0 Å². The summed E-state index contributed by atoms with van der Waals surface area (Å²) in [5, 5.41) is 4.18. The van der Waals surface area contributed by atoms with Crippen LogP contribution < -0.4 is 5.32 Å². The van der Waals surface area contributed by atoms with Gasteiger partial charge in [0, 0.05) is 17.8 Å². The predicted octanol–water partition coefficient (Wildman–Crippen LogP) is 3.30. The molecule has 18 heavy (non-hydrogen) atoms. The van der Waals surface area contributed by atoms with E-state index in [2.05, 4.69) is 33.4 Å². The molecule has 0 bridgehead atoms. The fourth-order valence-electron chi connectivity index (χ4n) is 2.59. The van der Waals surface area contributed by atoms with Crippen LogP contribution in [0.2, 0.25) is 0 Å². The lowest BCUT2D eigenvalue weighted by Crippen LogP contribution is -2.37. The Morgan fingerprint density at radius 2 is 2.06 bits per heavy atom. The van der Waals surface area contributed by atoms with Crippen molar-refractivity contribution in [2.45, 2.75) is 38.1 Å². The largest absolute Gasteiger partial charge is 0.353 e. The van der Waals surface area contributed by atoms with Gasteiger partial charge in [-0.1, -0.05) is 52.7 Å². The Labute approximate surface area is 117 Å². The molecule has 0 saturated heterocycles. The Balaban J connectivity index is 1.75. The molecule has 1 fully saturated rings. The summed E-state index contributed by atoms with van der Waals surface area (Å²) in [6.07, 6.45) is 5.02. The molecule has 0 radical (unpaired) electrons. The third kappa shape index (κ3) is 3.84. The second-order valence-corrected chi connectivity index (χ2v) is 5.65. The van der Waals surface area contributed by atoms with Gasteiger partial charge in [0.15, 0.2) is 0 Å². The van der Waals surface area contributed by atoms with E-state index in [4.69, 9.17) is 0 Å². The molecule has 1 N–H and O–H groups in total. The zero-order valence-corrected chi connectivity index (χ0v) is 12.2. The molecule has 3 heteroatoms. The van der Waals surface area contributed by atoms with Crippen LogP contribution in [0.4, 0.5) is 0 Å². The van der Waals surface area contributed by atoms with Gasteiger partial charge in [-0.05, 0) is 30.7 Å². The summed E-state index contributed by atoms with van der Waals surface area (Å²) < 4.78 is 0. The summed E-state index contributed by atoms with van der Waals surface area (Å²) in [5.74, 6) is 0.808. The molecule has 1 amide bonds. The Morgan fingerprint density at radius 3 is 2.78 bits per heavy atom. The van der Waals surface area contributed by atoms with Crippen molar-refractivity contribution >= 4 is 21.8 Å². The summed E-state index contributed by atoms with van der Waals surface area (Å²) in [7, 11) is 0. The highest BCUT2D eigenvalue weighted by Crippen LogP contribution is 2.27. The number of alkyl halides is 1. The normalized spacial score (nSPS) is 22.9. The minimum Gasteiger partial charge on any atom is -0.353 e. The van der Waals surface area contributed by atoms with Gasteiger partial charge in [-0.3, -0.25) is 4.79 Å². The van der Waals surface area contributed by atoms with E-state index in [1.165, 1.54) is 18.4 Å². The van der Waals surface area contributed by atoms with E-state index in [9.17, 15) is 4.79 Å². The SMILES string of the molecule is O=C(CCc1ccccc1)NC1CCCC1CBr. The number of carbonyl (C=O) groups is 1. The van der Waals surface area contributed by atoms with Crippen LogP contribution >= 0.6 is 15.9 Å². The van der Waals surface area contributed by atoms with E-state index in [0.29, 0.717) is 18.4 Å². The molecular formula is C15H20BrNO. The molecule has 2 rings (SSSR count). The molecule has 1 aliphatic rings. The van der Waals surface area contributed by atoms with Gasteiger partial charge < -0.3 is 5.32 Å². The van der Waals surface area contributed by atoms with E-state index in [1.807, 2.05) is 18.2 Å². The molecule has 2 atom stereocenters. The zero-order valence-electron chi connectivity index (χ0n) is 10.6. The van der Waals surface area contributed by atoms with Crippen molar-refractivity contribution in [3.63, 3.8) is 0 Å². The number of aryl methyl sites for hydroxylation is 1. The first-order valence-corrected chi connectivity index (χ1v) is 7.81. The van der Waals surface area contributed by atoms with Gasteiger partial charge in [0.2, 0.25) is 5.91 Å². The van der Waals surface area contributed by atoms with Gasteiger partial charge in [-0.2, -0.15) is 0 Å². The van der Waals surface area contributed by atoms with E-state index in [-0.39, 0.29) is 5.91 Å². The molecule has 2 nitrogen and oxygen atoms in total. The van der Waals surface area contributed by atoms with Crippen LogP contribution in [-0.4, -0.2) is 17.3 Å². The zero-order chi connectivity index (χ0) is 12.8. The Hall–Kier alpha value is -0.830. The smallest absolute Gasteiger partial charge is 0.220 e. The lowest BCUT2D eigenvalue weighted by Gasteiger charge is -2.18. The van der Waals surface area contributed by atoms with Crippen molar-refractivity contribution in [2.75, 3.05) is 5.33 Å². The minimum atomic E-state index is 0.191. The molecule has 1 saturated carbocycles. The summed E-state index contributed by atoms with van der Waals surface area (Å²) >= 11 is 3.53. The van der Waals surface area contributed by atoms with Gasteiger partial charge in [0.25, 0.3) is 0 Å². The van der Waals surface area contributed by atoms with E-state index in [1.54, 1.807) is 0 Å². The molecule has 98 valence electrons. The first kappa shape index (κ1) is 13.6. The summed E-state index contributed by atoms with van der Waals surface area (Å²) in [6, 6.07) is 10.6. The van der Waals surface area contributed by atoms with Crippen molar-refractivity contribution in [3.8, 4) is 0 Å². The molecule has 0 heterocycles. The number of hydrogen-bond donors (Lipinski definition) is 1. The molecule has 1 aliphatic carbocycles. The highest BCUT2D eigenvalue weighted by Gasteiger charge is 2.27. The number of hydrogen-bond acceptors (Lipinski definition) is 1. The number of carbonyl (C=O) groups excluding carboxylic acids is 1. The summed E-state index contributed by atoms with van der Waals surface area (Å²) in [5.41, 5.74) is 1.23. The summed E-state index contributed by atoms with van der Waals surface area (Å²) in [4.78, 5) is 11.9. The van der Waals surface area contributed by atoms with Gasteiger partial charge in [0.1, 0.15) is 0 Å². The average Bonchev–Trinajstić information content (AvgIpc) is 2.85. The van der Waals surface area contributed by atoms with Gasteiger partial charge in [-0.15, -0.1) is 0 Å². The predicted molar refractivity (Wildman–Crippen MR) is 77.8 cm³/mol. The van der Waals surface area contributed by atoms with Crippen LogP contribution in [0, 0.1) is 5.92 Å². The first-order chi connectivity index (χ1) is 8.79. The lowest BCUT2D eigenvalue weighted by molar-refractivity contribution is -0.121. The number of amides is 1. The van der Waals surface area contributed by atoms with E-state index < -0.39 is 0 Å². The van der Waals surface area contributed by atoms with Crippen LogP contribution in [0.1, 0.15) is 31.2 Å². The Morgan fingerprint density at radius 1 is 1.28 bits per heavy atom. The summed E-state index contributed by atoms with van der Waals surface area (Å²) in [6.45, 7) is 0. The molecule has 1 aromatic rings. The number of halogens is 1. The maximum absolute atomic E-state index is 11.9. The van der Waals surface area contributed by atoms with Gasteiger partial charge in [-0.25, -0.2) is 0 Å². The second kappa shape index (κ2) is 6.93. The number of benzene rings is 1. The van der Waals surface area contributed by atoms with Crippen LogP contribution in [-0.2, 0) is 11.2 Å². The third-order valence-corrected chi connectivity index (χ3v) is 4.52. The molecule has 0 aromatic heterocycles. The molecular weight excluding hydrogens is 290 g/mol. The van der Waals surface area contributed by atoms with Crippen LogP contribution in [0.15, 0.2) is 30.3 Å². The van der Waals surface area contributed by atoms with E-state index in [0.717, 1.165) is 18.2 Å².